The number of rotatable bonds is 4. The van der Waals surface area contributed by atoms with Crippen LogP contribution in [0.2, 0.25) is 0 Å². The average molecular weight is 356 g/mol. The van der Waals surface area contributed by atoms with Crippen LogP contribution in [0.15, 0.2) is 41.5 Å². The normalized spacial score (nSPS) is 10.5. The Hall–Kier alpha value is -3.75. The van der Waals surface area contributed by atoms with Crippen LogP contribution in [0.25, 0.3) is 0 Å². The molecule has 0 atom stereocenters. The molecule has 9 heteroatoms. The van der Waals surface area contributed by atoms with Crippen LogP contribution in [0.5, 0.6) is 5.75 Å². The Kier molecular flexibility index (Phi) is 5.63. The van der Waals surface area contributed by atoms with Crippen molar-refractivity contribution >= 4 is 29.4 Å². The maximum Gasteiger partial charge on any atom is 0.329 e. The lowest BCUT2D eigenvalue weighted by atomic mass is 10.1. The van der Waals surface area contributed by atoms with E-state index in [-0.39, 0.29) is 17.0 Å². The highest BCUT2D eigenvalue weighted by molar-refractivity contribution is 6.39. The maximum atomic E-state index is 11.9. The first-order valence-corrected chi connectivity index (χ1v) is 7.47. The first kappa shape index (κ1) is 18.6. The Morgan fingerprint density at radius 1 is 1.15 bits per heavy atom. The number of anilines is 1. The molecule has 0 spiro atoms. The van der Waals surface area contributed by atoms with Crippen molar-refractivity contribution in [2.75, 3.05) is 5.32 Å². The summed E-state index contributed by atoms with van der Waals surface area (Å²) >= 11 is 0. The van der Waals surface area contributed by atoms with Crippen molar-refractivity contribution in [3.05, 3.63) is 63.2 Å². The van der Waals surface area contributed by atoms with E-state index in [1.54, 1.807) is 13.0 Å². The van der Waals surface area contributed by atoms with E-state index in [4.69, 9.17) is 0 Å². The summed E-state index contributed by atoms with van der Waals surface area (Å²) in [5.74, 6) is -2.19. The first-order valence-electron chi connectivity index (χ1n) is 7.47. The quantitative estimate of drug-likeness (QED) is 0.333. The topological polar surface area (TPSA) is 134 Å². The van der Waals surface area contributed by atoms with E-state index < -0.39 is 16.7 Å². The Labute approximate surface area is 148 Å². The van der Waals surface area contributed by atoms with Crippen molar-refractivity contribution < 1.29 is 19.6 Å². The van der Waals surface area contributed by atoms with Gasteiger partial charge in [0.1, 0.15) is 5.75 Å². The number of amides is 2. The second-order valence-corrected chi connectivity index (χ2v) is 5.47. The van der Waals surface area contributed by atoms with Gasteiger partial charge in [-0.2, -0.15) is 5.10 Å². The van der Waals surface area contributed by atoms with Gasteiger partial charge < -0.3 is 10.4 Å². The molecule has 0 saturated heterocycles. The minimum atomic E-state index is -1.02. The fourth-order valence-electron chi connectivity index (χ4n) is 2.02. The van der Waals surface area contributed by atoms with Gasteiger partial charge in [0, 0.05) is 23.4 Å². The number of nitrogens with one attached hydrogen (secondary N) is 2. The molecule has 2 rings (SSSR count). The fraction of sp³-hybridized carbons (Fsp3) is 0.118. The molecular weight excluding hydrogens is 340 g/mol. The second kappa shape index (κ2) is 7.88. The molecule has 9 nitrogen and oxygen atoms in total. The minimum Gasteiger partial charge on any atom is -0.507 e. The van der Waals surface area contributed by atoms with Gasteiger partial charge in [0.05, 0.1) is 11.1 Å². The Morgan fingerprint density at radius 3 is 2.58 bits per heavy atom. The molecule has 0 aliphatic carbocycles. The molecule has 0 unspecified atom stereocenters. The van der Waals surface area contributed by atoms with E-state index in [2.05, 4.69) is 10.4 Å². The van der Waals surface area contributed by atoms with Gasteiger partial charge in [0.15, 0.2) is 0 Å². The smallest absolute Gasteiger partial charge is 0.329 e. The van der Waals surface area contributed by atoms with Crippen molar-refractivity contribution in [2.24, 2.45) is 5.10 Å². The number of hydrogen-bond donors (Lipinski definition) is 3. The zero-order chi connectivity index (χ0) is 19.3. The number of hydrogen-bond acceptors (Lipinski definition) is 6. The molecule has 0 aliphatic rings. The molecule has 26 heavy (non-hydrogen) atoms. The molecule has 2 aromatic carbocycles. The van der Waals surface area contributed by atoms with Crippen LogP contribution in [0.4, 0.5) is 11.4 Å². The summed E-state index contributed by atoms with van der Waals surface area (Å²) in [5, 5.41) is 26.4. The second-order valence-electron chi connectivity index (χ2n) is 5.47. The fourth-order valence-corrected chi connectivity index (χ4v) is 2.02. The molecule has 0 bridgehead atoms. The van der Waals surface area contributed by atoms with Crippen LogP contribution >= 0.6 is 0 Å². The van der Waals surface area contributed by atoms with Gasteiger partial charge in [0.25, 0.3) is 5.69 Å². The highest BCUT2D eigenvalue weighted by Gasteiger charge is 2.14. The SMILES string of the molecule is Cc1ccc(C)c(NC(=O)C(=O)N/N=C\c2cc([N+](=O)[O-])ccc2O)c1. The van der Waals surface area contributed by atoms with Crippen LogP contribution in [0.3, 0.4) is 0 Å². The van der Waals surface area contributed by atoms with Crippen molar-refractivity contribution in [2.45, 2.75) is 13.8 Å². The number of nitrogens with zero attached hydrogens (tertiary/aromatic N) is 2. The van der Waals surface area contributed by atoms with E-state index in [0.717, 1.165) is 35.5 Å². The highest BCUT2D eigenvalue weighted by atomic mass is 16.6. The molecule has 0 aromatic heterocycles. The Bertz CT molecular complexity index is 908. The first-order chi connectivity index (χ1) is 12.3. The van der Waals surface area contributed by atoms with Crippen molar-refractivity contribution in [3.63, 3.8) is 0 Å². The molecule has 0 aliphatic heterocycles. The molecule has 0 saturated carbocycles. The molecule has 134 valence electrons. The van der Waals surface area contributed by atoms with Gasteiger partial charge in [-0.1, -0.05) is 12.1 Å². The summed E-state index contributed by atoms with van der Waals surface area (Å²) < 4.78 is 0. The summed E-state index contributed by atoms with van der Waals surface area (Å²) in [4.78, 5) is 33.8. The lowest BCUT2D eigenvalue weighted by Gasteiger charge is -2.08. The standard InChI is InChI=1S/C17H16N4O5/c1-10-3-4-11(2)14(7-10)19-16(23)17(24)20-18-9-12-8-13(21(25)26)5-6-15(12)22/h3-9,22H,1-2H3,(H,19,23)(H,20,24)/b18-9-. The predicted octanol–water partition coefficient (Wildman–Crippen LogP) is 2.01. The zero-order valence-corrected chi connectivity index (χ0v) is 14.0. The molecule has 0 fully saturated rings. The van der Waals surface area contributed by atoms with Crippen LogP contribution in [-0.4, -0.2) is 28.1 Å². The van der Waals surface area contributed by atoms with Crippen molar-refractivity contribution in [3.8, 4) is 5.75 Å². The van der Waals surface area contributed by atoms with Crippen LogP contribution in [-0.2, 0) is 9.59 Å². The molecular formula is C17H16N4O5. The number of phenolic OH excluding ortho intramolecular Hbond substituents is 1. The van der Waals surface area contributed by atoms with E-state index in [0.29, 0.717) is 5.69 Å². The van der Waals surface area contributed by atoms with Crippen LogP contribution in [0.1, 0.15) is 16.7 Å². The summed E-state index contributed by atoms with van der Waals surface area (Å²) in [6.07, 6.45) is 1.01. The summed E-state index contributed by atoms with van der Waals surface area (Å²) in [6.45, 7) is 3.64. The van der Waals surface area contributed by atoms with Crippen molar-refractivity contribution in [1.82, 2.24) is 5.43 Å². The molecule has 3 N–H and O–H groups in total. The van der Waals surface area contributed by atoms with Gasteiger partial charge in [0.2, 0.25) is 0 Å². The predicted molar refractivity (Wildman–Crippen MR) is 95.0 cm³/mol. The summed E-state index contributed by atoms with van der Waals surface area (Å²) in [5.41, 5.74) is 3.99. The van der Waals surface area contributed by atoms with Crippen LogP contribution in [0, 0.1) is 24.0 Å². The number of nitro benzene ring substituents is 1. The number of nitro groups is 1. The number of hydrazone groups is 1. The van der Waals surface area contributed by atoms with Crippen molar-refractivity contribution in [1.29, 1.82) is 0 Å². The van der Waals surface area contributed by atoms with Gasteiger partial charge in [-0.05, 0) is 37.1 Å². The largest absolute Gasteiger partial charge is 0.507 e. The Balaban J connectivity index is 2.03. The number of aromatic hydroxyl groups is 1. The van der Waals surface area contributed by atoms with E-state index in [1.807, 2.05) is 24.5 Å². The van der Waals surface area contributed by atoms with Gasteiger partial charge in [-0.15, -0.1) is 0 Å². The van der Waals surface area contributed by atoms with E-state index >= 15 is 0 Å². The minimum absolute atomic E-state index is 0.0226. The number of phenols is 1. The Morgan fingerprint density at radius 2 is 1.88 bits per heavy atom. The number of aryl methyl sites for hydroxylation is 2. The monoisotopic (exact) mass is 356 g/mol. The third kappa shape index (κ3) is 4.63. The third-order valence-electron chi connectivity index (χ3n) is 3.44. The van der Waals surface area contributed by atoms with Gasteiger partial charge >= 0.3 is 11.8 Å². The van der Waals surface area contributed by atoms with Gasteiger partial charge in [-0.25, -0.2) is 5.43 Å². The van der Waals surface area contributed by atoms with E-state index in [1.165, 1.54) is 0 Å². The number of non-ortho nitro benzene ring substituents is 1. The molecule has 0 radical (unpaired) electrons. The van der Waals surface area contributed by atoms with Gasteiger partial charge in [-0.3, -0.25) is 19.7 Å². The lowest BCUT2D eigenvalue weighted by Crippen LogP contribution is -2.32. The molecule has 0 heterocycles. The summed E-state index contributed by atoms with van der Waals surface area (Å²) in [7, 11) is 0. The average Bonchev–Trinajstić information content (AvgIpc) is 2.59. The third-order valence-corrected chi connectivity index (χ3v) is 3.44. The zero-order valence-electron chi connectivity index (χ0n) is 14.0. The number of benzene rings is 2. The van der Waals surface area contributed by atoms with Crippen LogP contribution < -0.4 is 10.7 Å². The maximum absolute atomic E-state index is 11.9. The number of carbonyl (C=O) groups excluding carboxylic acids is 2. The lowest BCUT2D eigenvalue weighted by molar-refractivity contribution is -0.384. The summed E-state index contributed by atoms with van der Waals surface area (Å²) in [6, 6.07) is 8.76. The van der Waals surface area contributed by atoms with E-state index in [9.17, 15) is 24.8 Å². The molecule has 2 aromatic rings. The number of carbonyl (C=O) groups is 2. The molecule has 2 amide bonds. The highest BCUT2D eigenvalue weighted by Crippen LogP contribution is 2.21.